The number of nitrogens with one attached hydrogen (secondary N) is 1. The van der Waals surface area contributed by atoms with Crippen molar-refractivity contribution in [3.05, 3.63) is 101 Å². The van der Waals surface area contributed by atoms with Crippen molar-refractivity contribution in [1.29, 1.82) is 0 Å². The summed E-state index contributed by atoms with van der Waals surface area (Å²) in [6.07, 6.45) is 1.41. The molecule has 0 atom stereocenters. The predicted molar refractivity (Wildman–Crippen MR) is 142 cm³/mol. The molecule has 0 bridgehead atoms. The van der Waals surface area contributed by atoms with E-state index >= 15 is 0 Å². The van der Waals surface area contributed by atoms with Gasteiger partial charge < -0.3 is 14.6 Å². The second kappa shape index (κ2) is 9.46. The van der Waals surface area contributed by atoms with E-state index in [0.717, 1.165) is 33.7 Å². The zero-order valence-corrected chi connectivity index (χ0v) is 20.5. The molecule has 5 aromatic rings. The number of H-pyrrole nitrogens is 1. The van der Waals surface area contributed by atoms with Crippen LogP contribution in [-0.2, 0) is 0 Å². The number of methoxy groups -OCH3 is 1. The van der Waals surface area contributed by atoms with Gasteiger partial charge in [0, 0.05) is 24.7 Å². The Morgan fingerprint density at radius 2 is 1.65 bits per heavy atom. The Morgan fingerprint density at radius 3 is 2.38 bits per heavy atom. The van der Waals surface area contributed by atoms with E-state index in [4.69, 9.17) is 9.84 Å². The third-order valence-electron chi connectivity index (χ3n) is 7.06. The summed E-state index contributed by atoms with van der Waals surface area (Å²) in [7, 11) is 1.62. The van der Waals surface area contributed by atoms with Gasteiger partial charge in [-0.1, -0.05) is 42.5 Å². The van der Waals surface area contributed by atoms with Gasteiger partial charge in [-0.2, -0.15) is 5.10 Å². The number of carbonyl (C=O) groups excluding carboxylic acids is 1. The van der Waals surface area contributed by atoms with E-state index in [1.807, 2.05) is 94.4 Å². The summed E-state index contributed by atoms with van der Waals surface area (Å²) in [5.74, 6) is 0.664. The summed E-state index contributed by atoms with van der Waals surface area (Å²) in [5, 5.41) is 4.80. The minimum Gasteiger partial charge on any atom is -0.497 e. The third kappa shape index (κ3) is 4.20. The van der Waals surface area contributed by atoms with Crippen LogP contribution in [0.15, 0.2) is 89.7 Å². The maximum absolute atomic E-state index is 13.8. The maximum atomic E-state index is 13.8. The van der Waals surface area contributed by atoms with Crippen LogP contribution in [0.2, 0.25) is 0 Å². The Labute approximate surface area is 213 Å². The van der Waals surface area contributed by atoms with Gasteiger partial charge in [0.05, 0.1) is 29.5 Å². The number of hydrogen-bond acceptors (Lipinski definition) is 4. The maximum Gasteiger partial charge on any atom is 0.326 e. The molecule has 3 aromatic carbocycles. The summed E-state index contributed by atoms with van der Waals surface area (Å²) in [5.41, 5.74) is 4.61. The number of likely N-dealkylation sites (tertiary alicyclic amines) is 1. The summed E-state index contributed by atoms with van der Waals surface area (Å²) < 4.78 is 8.85. The number of hydrogen-bond donors (Lipinski definition) is 1. The van der Waals surface area contributed by atoms with Crippen LogP contribution in [0.1, 0.15) is 29.4 Å². The minimum absolute atomic E-state index is 0.0408. The molecule has 1 aliphatic rings. The minimum atomic E-state index is -0.101. The molecule has 1 saturated heterocycles. The van der Waals surface area contributed by atoms with Crippen molar-refractivity contribution >= 4 is 16.9 Å². The Hall–Kier alpha value is -4.59. The van der Waals surface area contributed by atoms with E-state index in [1.54, 1.807) is 11.8 Å². The molecule has 1 fully saturated rings. The molecule has 2 aromatic heterocycles. The van der Waals surface area contributed by atoms with Crippen LogP contribution in [-0.4, -0.2) is 50.3 Å². The smallest absolute Gasteiger partial charge is 0.326 e. The van der Waals surface area contributed by atoms with Crippen molar-refractivity contribution in [3.8, 4) is 22.7 Å². The van der Waals surface area contributed by atoms with Crippen molar-refractivity contribution in [2.24, 2.45) is 0 Å². The monoisotopic (exact) mass is 493 g/mol. The zero-order chi connectivity index (χ0) is 25.4. The molecule has 186 valence electrons. The number of aromatic nitrogens is 4. The number of piperidine rings is 1. The Bertz CT molecular complexity index is 1610. The van der Waals surface area contributed by atoms with Gasteiger partial charge in [0.15, 0.2) is 0 Å². The molecule has 0 radical (unpaired) electrons. The van der Waals surface area contributed by atoms with E-state index in [0.29, 0.717) is 31.6 Å². The lowest BCUT2D eigenvalue weighted by Gasteiger charge is -2.32. The number of benzene rings is 3. The number of carbonyl (C=O) groups is 1. The highest BCUT2D eigenvalue weighted by Crippen LogP contribution is 2.28. The van der Waals surface area contributed by atoms with Gasteiger partial charge >= 0.3 is 5.69 Å². The molecule has 6 rings (SSSR count). The topological polar surface area (TPSA) is 85.2 Å². The molecule has 1 N–H and O–H groups in total. The molecule has 8 heteroatoms. The summed E-state index contributed by atoms with van der Waals surface area (Å²) in [6.45, 7) is 1.12. The number of para-hydroxylation sites is 2. The number of nitrogens with zero attached hydrogens (tertiary/aromatic N) is 4. The van der Waals surface area contributed by atoms with Crippen molar-refractivity contribution in [1.82, 2.24) is 24.2 Å². The number of imidazole rings is 1. The molecule has 1 amide bonds. The van der Waals surface area contributed by atoms with Gasteiger partial charge in [-0.05, 0) is 55.3 Å². The summed E-state index contributed by atoms with van der Waals surface area (Å²) in [6, 6.07) is 27.0. The lowest BCUT2D eigenvalue weighted by molar-refractivity contribution is 0.0685. The van der Waals surface area contributed by atoms with Crippen LogP contribution in [0, 0.1) is 0 Å². The van der Waals surface area contributed by atoms with Crippen LogP contribution in [0.3, 0.4) is 0 Å². The molecular weight excluding hydrogens is 466 g/mol. The predicted octanol–water partition coefficient (Wildman–Crippen LogP) is 4.67. The zero-order valence-electron chi connectivity index (χ0n) is 20.5. The first-order valence-corrected chi connectivity index (χ1v) is 12.4. The number of ether oxygens (including phenoxy) is 1. The largest absolute Gasteiger partial charge is 0.497 e. The molecule has 37 heavy (non-hydrogen) atoms. The molecule has 0 saturated carbocycles. The molecule has 0 spiro atoms. The standard InChI is InChI=1S/C29H27N5O3/c1-37-23-13-11-22(12-14-23)34-27(19-25(31-34)20-7-3-2-4-8-20)28(35)32-17-15-21(16-18-32)33-26-10-6-5-9-24(26)30-29(33)36/h2-14,19,21H,15-18H2,1H3,(H,30,36). The Balaban J connectivity index is 1.29. The molecule has 3 heterocycles. The van der Waals surface area contributed by atoms with Gasteiger partial charge in [-0.3, -0.25) is 9.36 Å². The van der Waals surface area contributed by atoms with Gasteiger partial charge in [0.2, 0.25) is 0 Å². The normalized spacial score (nSPS) is 14.2. The van der Waals surface area contributed by atoms with Crippen molar-refractivity contribution in [2.45, 2.75) is 18.9 Å². The highest BCUT2D eigenvalue weighted by molar-refractivity contribution is 5.94. The first-order valence-electron chi connectivity index (χ1n) is 12.4. The number of fused-ring (bicyclic) bond motifs is 1. The average Bonchev–Trinajstić information content (AvgIpc) is 3.54. The number of rotatable bonds is 5. The van der Waals surface area contributed by atoms with E-state index in [9.17, 15) is 9.59 Å². The third-order valence-corrected chi connectivity index (χ3v) is 7.06. The highest BCUT2D eigenvalue weighted by Gasteiger charge is 2.29. The van der Waals surface area contributed by atoms with Gasteiger partial charge in [0.25, 0.3) is 5.91 Å². The molecule has 1 aliphatic heterocycles. The first kappa shape index (κ1) is 22.8. The average molecular weight is 494 g/mol. The SMILES string of the molecule is COc1ccc(-n2nc(-c3ccccc3)cc2C(=O)N2CCC(n3c(=O)[nH]c4ccccc43)CC2)cc1. The molecule has 0 unspecified atom stereocenters. The summed E-state index contributed by atoms with van der Waals surface area (Å²) in [4.78, 5) is 31.3. The van der Waals surface area contributed by atoms with Gasteiger partial charge in [-0.25, -0.2) is 9.48 Å². The first-order chi connectivity index (χ1) is 18.1. The van der Waals surface area contributed by atoms with Crippen LogP contribution in [0.25, 0.3) is 28.0 Å². The fourth-order valence-electron chi connectivity index (χ4n) is 5.13. The highest BCUT2D eigenvalue weighted by atomic mass is 16.5. The van der Waals surface area contributed by atoms with Crippen LogP contribution < -0.4 is 10.4 Å². The molecule has 0 aliphatic carbocycles. The van der Waals surface area contributed by atoms with E-state index < -0.39 is 0 Å². The lowest BCUT2D eigenvalue weighted by Crippen LogP contribution is -2.41. The van der Waals surface area contributed by atoms with Crippen LogP contribution in [0.4, 0.5) is 0 Å². The Morgan fingerprint density at radius 1 is 0.946 bits per heavy atom. The molecule has 8 nitrogen and oxygen atoms in total. The van der Waals surface area contributed by atoms with Crippen LogP contribution in [0.5, 0.6) is 5.75 Å². The van der Waals surface area contributed by atoms with E-state index in [1.165, 1.54) is 0 Å². The van der Waals surface area contributed by atoms with E-state index in [-0.39, 0.29) is 17.6 Å². The quantitative estimate of drug-likeness (QED) is 0.386. The second-order valence-corrected chi connectivity index (χ2v) is 9.23. The van der Waals surface area contributed by atoms with Crippen molar-refractivity contribution in [3.63, 3.8) is 0 Å². The van der Waals surface area contributed by atoms with Crippen molar-refractivity contribution in [2.75, 3.05) is 20.2 Å². The lowest BCUT2D eigenvalue weighted by atomic mass is 10.0. The van der Waals surface area contributed by atoms with E-state index in [2.05, 4.69) is 4.98 Å². The number of aromatic amines is 1. The molecular formula is C29H27N5O3. The van der Waals surface area contributed by atoms with Gasteiger partial charge in [0.1, 0.15) is 11.4 Å². The van der Waals surface area contributed by atoms with Crippen molar-refractivity contribution < 1.29 is 9.53 Å². The fraction of sp³-hybridized carbons (Fsp3) is 0.207. The second-order valence-electron chi connectivity index (χ2n) is 9.23. The van der Waals surface area contributed by atoms with Crippen LogP contribution >= 0.6 is 0 Å². The number of amides is 1. The van der Waals surface area contributed by atoms with Gasteiger partial charge in [-0.15, -0.1) is 0 Å². The summed E-state index contributed by atoms with van der Waals surface area (Å²) >= 11 is 0. The fourth-order valence-corrected chi connectivity index (χ4v) is 5.13. The Kier molecular flexibility index (Phi) is 5.84.